The van der Waals surface area contributed by atoms with Gasteiger partial charge < -0.3 is 15.8 Å². The Hall–Kier alpha value is -2.55. The van der Waals surface area contributed by atoms with Crippen LogP contribution in [0.25, 0.3) is 11.3 Å². The van der Waals surface area contributed by atoms with Crippen LogP contribution >= 0.6 is 27.5 Å². The molecule has 3 N–H and O–H groups in total. The highest BCUT2D eigenvalue weighted by Crippen LogP contribution is 2.37. The zero-order valence-electron chi connectivity index (χ0n) is 16.4. The molecular weight excluding hydrogens is 470 g/mol. The van der Waals surface area contributed by atoms with E-state index in [2.05, 4.69) is 26.3 Å². The summed E-state index contributed by atoms with van der Waals surface area (Å²) in [5.41, 5.74) is 9.85. The van der Waals surface area contributed by atoms with E-state index in [1.807, 2.05) is 43.4 Å². The van der Waals surface area contributed by atoms with Crippen LogP contribution in [-0.4, -0.2) is 35.5 Å². The van der Waals surface area contributed by atoms with E-state index in [-0.39, 0.29) is 6.03 Å². The van der Waals surface area contributed by atoms with Gasteiger partial charge in [0.05, 0.1) is 22.1 Å². The van der Waals surface area contributed by atoms with Crippen molar-refractivity contribution in [2.75, 3.05) is 29.9 Å². The Kier molecular flexibility index (Phi) is 5.99. The lowest BCUT2D eigenvalue weighted by atomic mass is 10.1. The molecule has 1 aliphatic rings. The summed E-state index contributed by atoms with van der Waals surface area (Å²) in [6, 6.07) is 10.9. The average molecular weight is 491 g/mol. The van der Waals surface area contributed by atoms with Crippen molar-refractivity contribution < 1.29 is 9.53 Å². The number of anilines is 2. The molecule has 30 heavy (non-hydrogen) atoms. The van der Waals surface area contributed by atoms with Crippen LogP contribution in [0.1, 0.15) is 5.56 Å². The Morgan fingerprint density at radius 2 is 2.17 bits per heavy atom. The van der Waals surface area contributed by atoms with Gasteiger partial charge in [0.1, 0.15) is 12.4 Å². The average Bonchev–Trinajstić information content (AvgIpc) is 3.29. The van der Waals surface area contributed by atoms with Crippen LogP contribution in [0.5, 0.6) is 5.75 Å². The van der Waals surface area contributed by atoms with Gasteiger partial charge in [-0.1, -0.05) is 17.7 Å². The first-order valence-electron chi connectivity index (χ1n) is 9.49. The van der Waals surface area contributed by atoms with Crippen LogP contribution in [0.15, 0.2) is 47.1 Å². The number of nitrogens with two attached hydrogens (primary N) is 1. The zero-order valence-corrected chi connectivity index (χ0v) is 18.7. The van der Waals surface area contributed by atoms with Crippen LogP contribution < -0.4 is 20.7 Å². The normalized spacial score (nSPS) is 12.7. The number of aromatic nitrogens is 2. The van der Waals surface area contributed by atoms with Gasteiger partial charge in [-0.2, -0.15) is 5.10 Å². The molecule has 9 heteroatoms. The first-order valence-corrected chi connectivity index (χ1v) is 10.7. The first kappa shape index (κ1) is 20.7. The number of carbonyl (C=O) groups is 1. The highest BCUT2D eigenvalue weighted by atomic mass is 79.9. The minimum atomic E-state index is -0.207. The van der Waals surface area contributed by atoms with Gasteiger partial charge in [-0.15, -0.1) is 0 Å². The van der Waals surface area contributed by atoms with Gasteiger partial charge in [-0.3, -0.25) is 9.58 Å². The largest absolute Gasteiger partial charge is 0.492 e. The van der Waals surface area contributed by atoms with E-state index in [0.29, 0.717) is 36.2 Å². The third-order valence-corrected chi connectivity index (χ3v) is 5.76. The molecular formula is C21H21BrClN5O2. The van der Waals surface area contributed by atoms with Crippen molar-refractivity contribution in [1.29, 1.82) is 0 Å². The molecule has 2 amide bonds. The van der Waals surface area contributed by atoms with Crippen LogP contribution in [0, 0.1) is 0 Å². The van der Waals surface area contributed by atoms with Crippen LogP contribution in [0.3, 0.4) is 0 Å². The summed E-state index contributed by atoms with van der Waals surface area (Å²) >= 11 is 9.66. The van der Waals surface area contributed by atoms with Crippen LogP contribution in [0.2, 0.25) is 5.02 Å². The maximum Gasteiger partial charge on any atom is 0.326 e. The molecule has 156 valence electrons. The number of urea groups is 1. The van der Waals surface area contributed by atoms with E-state index in [4.69, 9.17) is 22.1 Å². The second-order valence-corrected chi connectivity index (χ2v) is 8.21. The Bertz CT molecular complexity index is 1080. The van der Waals surface area contributed by atoms with Gasteiger partial charge in [-0.05, 0) is 58.2 Å². The third-order valence-electron chi connectivity index (χ3n) is 4.94. The molecule has 2 aromatic carbocycles. The molecule has 0 spiro atoms. The summed E-state index contributed by atoms with van der Waals surface area (Å²) in [5, 5.41) is 7.88. The topological polar surface area (TPSA) is 85.4 Å². The smallest absolute Gasteiger partial charge is 0.326 e. The highest BCUT2D eigenvalue weighted by molar-refractivity contribution is 9.10. The fourth-order valence-electron chi connectivity index (χ4n) is 3.56. The molecule has 2 heterocycles. The van der Waals surface area contributed by atoms with Crippen molar-refractivity contribution in [1.82, 2.24) is 9.78 Å². The zero-order chi connectivity index (χ0) is 21.3. The van der Waals surface area contributed by atoms with Crippen LogP contribution in [-0.2, 0) is 13.5 Å². The van der Waals surface area contributed by atoms with Crippen molar-refractivity contribution >= 4 is 44.9 Å². The van der Waals surface area contributed by atoms with Gasteiger partial charge in [0.25, 0.3) is 0 Å². The summed E-state index contributed by atoms with van der Waals surface area (Å²) in [6.07, 6.45) is 2.53. The lowest BCUT2D eigenvalue weighted by Crippen LogP contribution is -2.33. The standard InChI is InChI=1S/C21H21BrClN5O2/c1-27-20(17(22)12-25-27)16-11-15(4-5-19(16)30-9-7-24)26-21(29)28-8-6-13-2-3-14(23)10-18(13)28/h2-5,10-12H,6-9,24H2,1H3,(H,26,29). The molecule has 0 bridgehead atoms. The maximum atomic E-state index is 13.0. The predicted molar refractivity (Wildman–Crippen MR) is 122 cm³/mol. The minimum Gasteiger partial charge on any atom is -0.492 e. The number of nitrogens with one attached hydrogen (secondary N) is 1. The van der Waals surface area contributed by atoms with Gasteiger partial charge in [0.15, 0.2) is 0 Å². The molecule has 4 rings (SSSR count). The molecule has 0 unspecified atom stereocenters. The molecule has 1 aliphatic heterocycles. The van der Waals surface area contributed by atoms with Crippen molar-refractivity contribution in [2.24, 2.45) is 12.8 Å². The second-order valence-electron chi connectivity index (χ2n) is 6.92. The highest BCUT2D eigenvalue weighted by Gasteiger charge is 2.25. The molecule has 0 saturated carbocycles. The fraction of sp³-hybridized carbons (Fsp3) is 0.238. The Morgan fingerprint density at radius 3 is 2.90 bits per heavy atom. The monoisotopic (exact) mass is 489 g/mol. The number of carbonyl (C=O) groups excluding carboxylic acids is 1. The molecule has 0 aliphatic carbocycles. The molecule has 1 aromatic heterocycles. The van der Waals surface area contributed by atoms with Crippen LogP contribution in [0.4, 0.5) is 16.2 Å². The SMILES string of the molecule is Cn1ncc(Br)c1-c1cc(NC(=O)N2CCc3ccc(Cl)cc32)ccc1OCCN. The van der Waals surface area contributed by atoms with Gasteiger partial charge >= 0.3 is 6.03 Å². The Balaban J connectivity index is 1.63. The molecule has 3 aromatic rings. The lowest BCUT2D eigenvalue weighted by Gasteiger charge is -2.19. The van der Waals surface area contributed by atoms with E-state index in [1.54, 1.807) is 15.8 Å². The first-order chi connectivity index (χ1) is 14.5. The van der Waals surface area contributed by atoms with Crippen molar-refractivity contribution in [3.05, 3.63) is 57.7 Å². The van der Waals surface area contributed by atoms with E-state index >= 15 is 0 Å². The molecule has 0 fully saturated rings. The summed E-state index contributed by atoms with van der Waals surface area (Å²) in [5.74, 6) is 0.668. The van der Waals surface area contributed by atoms with Crippen molar-refractivity contribution in [3.63, 3.8) is 0 Å². The van der Waals surface area contributed by atoms with E-state index in [0.717, 1.165) is 33.4 Å². The minimum absolute atomic E-state index is 0.207. The van der Waals surface area contributed by atoms with Crippen molar-refractivity contribution in [3.8, 4) is 17.0 Å². The number of hydrogen-bond donors (Lipinski definition) is 2. The molecule has 0 radical (unpaired) electrons. The van der Waals surface area contributed by atoms with Crippen molar-refractivity contribution in [2.45, 2.75) is 6.42 Å². The quantitative estimate of drug-likeness (QED) is 0.554. The summed E-state index contributed by atoms with van der Waals surface area (Å²) in [7, 11) is 1.85. The second kappa shape index (κ2) is 8.67. The number of ether oxygens (including phenoxy) is 1. The number of benzene rings is 2. The number of fused-ring (bicyclic) bond motifs is 1. The number of hydrogen-bond acceptors (Lipinski definition) is 4. The summed E-state index contributed by atoms with van der Waals surface area (Å²) in [4.78, 5) is 14.7. The van der Waals surface area contributed by atoms with Gasteiger partial charge in [0, 0.05) is 36.4 Å². The number of halogens is 2. The lowest BCUT2D eigenvalue weighted by molar-refractivity contribution is 0.257. The number of amides is 2. The third kappa shape index (κ3) is 4.03. The van der Waals surface area contributed by atoms with E-state index < -0.39 is 0 Å². The number of nitrogens with zero attached hydrogens (tertiary/aromatic N) is 3. The van der Waals surface area contributed by atoms with Gasteiger partial charge in [-0.25, -0.2) is 4.79 Å². The van der Waals surface area contributed by atoms with E-state index in [9.17, 15) is 4.79 Å². The predicted octanol–water partition coefficient (Wildman–Crippen LogP) is 4.44. The Morgan fingerprint density at radius 1 is 1.33 bits per heavy atom. The Labute approximate surface area is 187 Å². The molecule has 7 nitrogen and oxygen atoms in total. The summed E-state index contributed by atoms with van der Waals surface area (Å²) in [6.45, 7) is 1.40. The number of rotatable bonds is 5. The molecule has 0 saturated heterocycles. The van der Waals surface area contributed by atoms with E-state index in [1.165, 1.54) is 0 Å². The molecule has 0 atom stereocenters. The number of aryl methyl sites for hydroxylation is 1. The summed E-state index contributed by atoms with van der Waals surface area (Å²) < 4.78 is 8.39. The fourth-order valence-corrected chi connectivity index (χ4v) is 4.28. The maximum absolute atomic E-state index is 13.0. The van der Waals surface area contributed by atoms with Gasteiger partial charge in [0.2, 0.25) is 0 Å².